The van der Waals surface area contributed by atoms with Crippen LogP contribution in [-0.4, -0.2) is 0 Å². The fraction of sp³-hybridized carbons (Fsp3) is 0. The van der Waals surface area contributed by atoms with Crippen LogP contribution in [0.2, 0.25) is 5.02 Å². The summed E-state index contributed by atoms with van der Waals surface area (Å²) in [4.78, 5) is 0. The second-order valence-electron chi connectivity index (χ2n) is 5.39. The predicted octanol–water partition coefficient (Wildman–Crippen LogP) is 6.87. The second-order valence-corrected chi connectivity index (χ2v) is 5.77. The van der Waals surface area contributed by atoms with Crippen LogP contribution >= 0.6 is 11.6 Å². The van der Waals surface area contributed by atoms with Crippen molar-refractivity contribution < 1.29 is 17.6 Å². The third-order valence-corrected chi connectivity index (χ3v) is 4.16. The van der Waals surface area contributed by atoms with Gasteiger partial charge in [-0.2, -0.15) is 0 Å². The second kappa shape index (κ2) is 6.73. The molecule has 0 nitrogen and oxygen atoms in total. The monoisotopic (exact) mass is 362 g/mol. The molecule has 0 N–H and O–H groups in total. The lowest BCUT2D eigenvalue weighted by Gasteiger charge is -2.09. The maximum Gasteiger partial charge on any atom is 0.145 e. The third-order valence-electron chi connectivity index (χ3n) is 3.80. The summed E-state index contributed by atoms with van der Waals surface area (Å²) in [6.07, 6.45) is 1.50. The molecule has 0 unspecified atom stereocenters. The highest BCUT2D eigenvalue weighted by atomic mass is 35.5. The Hall–Kier alpha value is -2.59. The lowest BCUT2D eigenvalue weighted by atomic mass is 9.98. The van der Waals surface area contributed by atoms with Crippen molar-refractivity contribution in [3.63, 3.8) is 0 Å². The lowest BCUT2D eigenvalue weighted by molar-refractivity contribution is 0.584. The lowest BCUT2D eigenvalue weighted by Crippen LogP contribution is -1.92. The van der Waals surface area contributed by atoms with Crippen LogP contribution in [0.25, 0.3) is 28.3 Å². The van der Waals surface area contributed by atoms with Gasteiger partial charge < -0.3 is 0 Å². The first-order valence-corrected chi connectivity index (χ1v) is 7.65. The van der Waals surface area contributed by atoms with Gasteiger partial charge in [0.1, 0.15) is 28.3 Å². The Morgan fingerprint density at radius 3 is 1.76 bits per heavy atom. The van der Waals surface area contributed by atoms with Crippen molar-refractivity contribution in [1.82, 2.24) is 0 Å². The van der Waals surface area contributed by atoms with Gasteiger partial charge in [0, 0.05) is 11.1 Å². The standard InChI is InChI=1S/C20H11ClF4/c1-2-11-3-5-14(16(22)7-11)12-4-6-15(17(23)8-12)13-9-18(24)20(21)19(25)10-13/h2-10H,1H2. The molecule has 0 aromatic heterocycles. The Bertz CT molecular complexity index is 956. The summed E-state index contributed by atoms with van der Waals surface area (Å²) in [6, 6.07) is 10.3. The van der Waals surface area contributed by atoms with Crippen molar-refractivity contribution in [1.29, 1.82) is 0 Å². The molecule has 0 atom stereocenters. The van der Waals surface area contributed by atoms with Crippen molar-refractivity contribution in [2.24, 2.45) is 0 Å². The summed E-state index contributed by atoms with van der Waals surface area (Å²) >= 11 is 5.43. The van der Waals surface area contributed by atoms with Crippen LogP contribution in [0.1, 0.15) is 5.56 Å². The SMILES string of the molecule is C=Cc1ccc(-c2ccc(-c3cc(F)c(Cl)c(F)c3)c(F)c2)c(F)c1. The van der Waals surface area contributed by atoms with E-state index in [1.807, 2.05) is 0 Å². The molecule has 0 saturated carbocycles. The van der Waals surface area contributed by atoms with E-state index in [9.17, 15) is 17.6 Å². The number of halogens is 5. The molecule has 0 radical (unpaired) electrons. The Morgan fingerprint density at radius 1 is 0.680 bits per heavy atom. The van der Waals surface area contributed by atoms with Gasteiger partial charge in [-0.15, -0.1) is 0 Å². The maximum atomic E-state index is 14.4. The van der Waals surface area contributed by atoms with E-state index in [-0.39, 0.29) is 16.7 Å². The minimum Gasteiger partial charge on any atom is -0.206 e. The molecule has 3 rings (SSSR count). The molecule has 3 aromatic rings. The quantitative estimate of drug-likeness (QED) is 0.352. The fourth-order valence-corrected chi connectivity index (χ4v) is 2.63. The summed E-state index contributed by atoms with van der Waals surface area (Å²) in [7, 11) is 0. The Balaban J connectivity index is 2.06. The van der Waals surface area contributed by atoms with E-state index in [2.05, 4.69) is 6.58 Å². The van der Waals surface area contributed by atoms with Gasteiger partial charge in [-0.3, -0.25) is 0 Å². The largest absolute Gasteiger partial charge is 0.206 e. The summed E-state index contributed by atoms with van der Waals surface area (Å²) in [5.74, 6) is -3.21. The maximum absolute atomic E-state index is 14.4. The zero-order chi connectivity index (χ0) is 18.1. The molecule has 0 spiro atoms. The minimum absolute atomic E-state index is 0.00549. The van der Waals surface area contributed by atoms with Gasteiger partial charge in [0.15, 0.2) is 0 Å². The van der Waals surface area contributed by atoms with Crippen molar-refractivity contribution in [3.8, 4) is 22.3 Å². The van der Waals surface area contributed by atoms with Crippen LogP contribution in [-0.2, 0) is 0 Å². The summed E-state index contributed by atoms with van der Waals surface area (Å²) in [5.41, 5.74) is 1.12. The molecule has 0 saturated heterocycles. The average Bonchev–Trinajstić information content (AvgIpc) is 2.59. The molecule has 0 amide bonds. The van der Waals surface area contributed by atoms with E-state index in [0.717, 1.165) is 18.2 Å². The molecule has 3 aromatic carbocycles. The van der Waals surface area contributed by atoms with Gasteiger partial charge in [-0.05, 0) is 41.0 Å². The predicted molar refractivity (Wildman–Crippen MR) is 92.2 cm³/mol. The van der Waals surface area contributed by atoms with Crippen molar-refractivity contribution >= 4 is 17.7 Å². The van der Waals surface area contributed by atoms with Crippen molar-refractivity contribution in [2.45, 2.75) is 0 Å². The Labute approximate surface area is 147 Å². The molecule has 0 heterocycles. The van der Waals surface area contributed by atoms with Gasteiger partial charge in [0.2, 0.25) is 0 Å². The Morgan fingerprint density at radius 2 is 1.20 bits per heavy atom. The molecule has 5 heteroatoms. The molecular formula is C20H11ClF4. The molecule has 126 valence electrons. The van der Waals surface area contributed by atoms with Crippen LogP contribution < -0.4 is 0 Å². The first-order chi connectivity index (χ1) is 11.9. The third kappa shape index (κ3) is 3.30. The van der Waals surface area contributed by atoms with E-state index in [1.54, 1.807) is 6.07 Å². The summed E-state index contributed by atoms with van der Waals surface area (Å²) in [5, 5.41) is -0.648. The van der Waals surface area contributed by atoms with Crippen LogP contribution in [0.4, 0.5) is 17.6 Å². The number of hydrogen-bond donors (Lipinski definition) is 0. The van der Waals surface area contributed by atoms with E-state index < -0.39 is 28.3 Å². The molecular weight excluding hydrogens is 352 g/mol. The van der Waals surface area contributed by atoms with E-state index in [0.29, 0.717) is 11.1 Å². The Kier molecular flexibility index (Phi) is 4.64. The normalized spacial score (nSPS) is 10.8. The molecule has 0 aliphatic heterocycles. The minimum atomic E-state index is -0.980. The first kappa shape index (κ1) is 17.2. The molecule has 0 bridgehead atoms. The summed E-state index contributed by atoms with van der Waals surface area (Å²) < 4.78 is 55.7. The van der Waals surface area contributed by atoms with E-state index in [4.69, 9.17) is 11.6 Å². The van der Waals surface area contributed by atoms with Crippen LogP contribution in [0.3, 0.4) is 0 Å². The van der Waals surface area contributed by atoms with E-state index >= 15 is 0 Å². The summed E-state index contributed by atoms with van der Waals surface area (Å²) in [6.45, 7) is 3.56. The highest BCUT2D eigenvalue weighted by Gasteiger charge is 2.14. The number of benzene rings is 3. The van der Waals surface area contributed by atoms with Crippen LogP contribution in [0.5, 0.6) is 0 Å². The van der Waals surface area contributed by atoms with Gasteiger partial charge in [-0.25, -0.2) is 17.6 Å². The smallest absolute Gasteiger partial charge is 0.145 e. The highest BCUT2D eigenvalue weighted by Crippen LogP contribution is 2.32. The van der Waals surface area contributed by atoms with Gasteiger partial charge in [-0.1, -0.05) is 48.5 Å². The van der Waals surface area contributed by atoms with Gasteiger partial charge in [0.05, 0.1) is 0 Å². The molecule has 0 aliphatic carbocycles. The van der Waals surface area contributed by atoms with Crippen molar-refractivity contribution in [3.05, 3.63) is 89.0 Å². The molecule has 25 heavy (non-hydrogen) atoms. The van der Waals surface area contributed by atoms with Crippen molar-refractivity contribution in [2.75, 3.05) is 0 Å². The van der Waals surface area contributed by atoms with Crippen LogP contribution in [0.15, 0.2) is 55.1 Å². The van der Waals surface area contributed by atoms with Gasteiger partial charge >= 0.3 is 0 Å². The highest BCUT2D eigenvalue weighted by molar-refractivity contribution is 6.31. The van der Waals surface area contributed by atoms with E-state index in [1.165, 1.54) is 30.3 Å². The zero-order valence-electron chi connectivity index (χ0n) is 12.8. The van der Waals surface area contributed by atoms with Gasteiger partial charge in [0.25, 0.3) is 0 Å². The number of rotatable bonds is 3. The first-order valence-electron chi connectivity index (χ1n) is 7.27. The molecule has 0 aliphatic rings. The van der Waals surface area contributed by atoms with Crippen LogP contribution in [0, 0.1) is 23.3 Å². The number of hydrogen-bond acceptors (Lipinski definition) is 0. The average molecular weight is 363 g/mol. The fourth-order valence-electron chi connectivity index (χ4n) is 2.52. The topological polar surface area (TPSA) is 0 Å². The zero-order valence-corrected chi connectivity index (χ0v) is 13.5. The molecule has 0 fully saturated rings.